The van der Waals surface area contributed by atoms with Crippen molar-refractivity contribution in [2.24, 2.45) is 0 Å². The van der Waals surface area contributed by atoms with Gasteiger partial charge in [-0.1, -0.05) is 0 Å². The Labute approximate surface area is 103 Å². The zero-order valence-electron chi connectivity index (χ0n) is 10.2. The van der Waals surface area contributed by atoms with Gasteiger partial charge in [0.05, 0.1) is 6.10 Å². The number of ether oxygens (including phenoxy) is 1. The number of rotatable bonds is 7. The van der Waals surface area contributed by atoms with Gasteiger partial charge in [-0.05, 0) is 13.3 Å². The number of aliphatic hydroxyl groups excluding tert-OH is 1. The maximum Gasteiger partial charge on any atom is 0.411 e. The number of imidazole rings is 1. The van der Waals surface area contributed by atoms with Gasteiger partial charge in [0.15, 0.2) is 0 Å². The number of aliphatic hydroxyl groups is 1. The van der Waals surface area contributed by atoms with Crippen LogP contribution in [-0.4, -0.2) is 40.2 Å². The molecule has 0 saturated heterocycles. The molecule has 0 radical (unpaired) electrons. The van der Waals surface area contributed by atoms with Crippen LogP contribution in [-0.2, 0) is 17.7 Å². The molecule has 1 aromatic heterocycles. The van der Waals surface area contributed by atoms with Crippen LogP contribution in [0, 0.1) is 0 Å². The van der Waals surface area contributed by atoms with Crippen molar-refractivity contribution < 1.29 is 23.0 Å². The van der Waals surface area contributed by atoms with E-state index in [4.69, 9.17) is 0 Å². The van der Waals surface area contributed by atoms with Crippen LogP contribution in [0.1, 0.15) is 19.2 Å². The molecule has 0 aliphatic rings. The molecule has 1 heterocycles. The quantitative estimate of drug-likeness (QED) is 0.765. The smallest absolute Gasteiger partial charge is 0.393 e. The van der Waals surface area contributed by atoms with Crippen molar-refractivity contribution in [1.82, 2.24) is 9.55 Å². The maximum absolute atomic E-state index is 11.8. The van der Waals surface area contributed by atoms with Gasteiger partial charge in [0.1, 0.15) is 12.4 Å². The topological polar surface area (TPSA) is 47.3 Å². The SMILES string of the molecule is CCn1ccnc1CC(O)CCOCC(F)(F)F. The Morgan fingerprint density at radius 2 is 2.22 bits per heavy atom. The maximum atomic E-state index is 11.8. The number of halogens is 3. The molecule has 1 unspecified atom stereocenters. The van der Waals surface area contributed by atoms with Gasteiger partial charge in [-0.25, -0.2) is 4.98 Å². The Morgan fingerprint density at radius 1 is 1.50 bits per heavy atom. The van der Waals surface area contributed by atoms with Crippen molar-refractivity contribution in [3.05, 3.63) is 18.2 Å². The summed E-state index contributed by atoms with van der Waals surface area (Å²) < 4.78 is 41.7. The first kappa shape index (κ1) is 15.0. The van der Waals surface area contributed by atoms with Crippen molar-refractivity contribution in [2.75, 3.05) is 13.2 Å². The van der Waals surface area contributed by atoms with Crippen LogP contribution < -0.4 is 0 Å². The van der Waals surface area contributed by atoms with Crippen LogP contribution in [0.4, 0.5) is 13.2 Å². The second-order valence-electron chi connectivity index (χ2n) is 3.94. The van der Waals surface area contributed by atoms with E-state index in [9.17, 15) is 18.3 Å². The fraction of sp³-hybridized carbons (Fsp3) is 0.727. The van der Waals surface area contributed by atoms with E-state index in [0.717, 1.165) is 12.4 Å². The fourth-order valence-electron chi connectivity index (χ4n) is 1.54. The molecule has 0 aliphatic heterocycles. The Bertz CT molecular complexity index is 352. The predicted molar refractivity (Wildman–Crippen MR) is 59.1 cm³/mol. The highest BCUT2D eigenvalue weighted by molar-refractivity contribution is 4.93. The molecule has 0 aromatic carbocycles. The lowest BCUT2D eigenvalue weighted by Gasteiger charge is -2.12. The molecule has 7 heteroatoms. The summed E-state index contributed by atoms with van der Waals surface area (Å²) in [5.74, 6) is 0.723. The lowest BCUT2D eigenvalue weighted by Crippen LogP contribution is -2.21. The van der Waals surface area contributed by atoms with Crippen LogP contribution in [0.25, 0.3) is 0 Å². The van der Waals surface area contributed by atoms with E-state index < -0.39 is 18.9 Å². The lowest BCUT2D eigenvalue weighted by molar-refractivity contribution is -0.175. The normalized spacial score (nSPS) is 13.8. The van der Waals surface area contributed by atoms with Gasteiger partial charge in [0.2, 0.25) is 0 Å². The summed E-state index contributed by atoms with van der Waals surface area (Å²) >= 11 is 0. The van der Waals surface area contributed by atoms with Crippen molar-refractivity contribution in [2.45, 2.75) is 38.6 Å². The molecule has 0 amide bonds. The van der Waals surface area contributed by atoms with E-state index in [0.29, 0.717) is 6.42 Å². The van der Waals surface area contributed by atoms with Crippen molar-refractivity contribution >= 4 is 0 Å². The second kappa shape index (κ2) is 6.75. The first-order chi connectivity index (χ1) is 8.42. The first-order valence-corrected chi connectivity index (χ1v) is 5.75. The Morgan fingerprint density at radius 3 is 2.83 bits per heavy atom. The van der Waals surface area contributed by atoms with Crippen molar-refractivity contribution in [3.8, 4) is 0 Å². The molecule has 0 aliphatic carbocycles. The number of aryl methyl sites for hydroxylation is 1. The third-order valence-corrected chi connectivity index (χ3v) is 2.42. The average molecular weight is 266 g/mol. The molecule has 18 heavy (non-hydrogen) atoms. The molecule has 0 saturated carbocycles. The highest BCUT2D eigenvalue weighted by Crippen LogP contribution is 2.14. The molecule has 4 nitrogen and oxygen atoms in total. The Kier molecular flexibility index (Phi) is 5.61. The second-order valence-corrected chi connectivity index (χ2v) is 3.94. The average Bonchev–Trinajstić information content (AvgIpc) is 2.70. The number of hydrogen-bond acceptors (Lipinski definition) is 3. The van der Waals surface area contributed by atoms with Gasteiger partial charge in [-0.15, -0.1) is 0 Å². The Balaban J connectivity index is 2.24. The first-order valence-electron chi connectivity index (χ1n) is 5.75. The third kappa shape index (κ3) is 5.50. The molecule has 1 rings (SSSR count). The van der Waals surface area contributed by atoms with Gasteiger partial charge in [0.25, 0.3) is 0 Å². The molecular weight excluding hydrogens is 249 g/mol. The molecule has 0 fully saturated rings. The minimum Gasteiger partial charge on any atom is -0.393 e. The van der Waals surface area contributed by atoms with E-state index in [-0.39, 0.29) is 13.0 Å². The van der Waals surface area contributed by atoms with E-state index >= 15 is 0 Å². The summed E-state index contributed by atoms with van der Waals surface area (Å²) in [7, 11) is 0. The molecular formula is C11H17F3N2O2. The zero-order valence-corrected chi connectivity index (χ0v) is 10.2. The minimum atomic E-state index is -4.32. The lowest BCUT2D eigenvalue weighted by atomic mass is 10.2. The van der Waals surface area contributed by atoms with E-state index in [1.54, 1.807) is 12.4 Å². The van der Waals surface area contributed by atoms with Gasteiger partial charge in [-0.3, -0.25) is 0 Å². The van der Waals surface area contributed by atoms with Gasteiger partial charge < -0.3 is 14.4 Å². The van der Waals surface area contributed by atoms with Crippen molar-refractivity contribution in [3.63, 3.8) is 0 Å². The number of alkyl halides is 3. The summed E-state index contributed by atoms with van der Waals surface area (Å²) in [6.45, 7) is 1.30. The largest absolute Gasteiger partial charge is 0.411 e. The third-order valence-electron chi connectivity index (χ3n) is 2.42. The van der Waals surface area contributed by atoms with Crippen LogP contribution in [0.5, 0.6) is 0 Å². The monoisotopic (exact) mass is 266 g/mol. The van der Waals surface area contributed by atoms with Gasteiger partial charge in [0, 0.05) is 32.0 Å². The summed E-state index contributed by atoms with van der Waals surface area (Å²) in [6.07, 6.45) is -1.16. The fourth-order valence-corrected chi connectivity index (χ4v) is 1.54. The molecule has 1 N–H and O–H groups in total. The molecule has 0 spiro atoms. The number of nitrogens with zero attached hydrogens (tertiary/aromatic N) is 2. The molecule has 0 bridgehead atoms. The summed E-state index contributed by atoms with van der Waals surface area (Å²) in [5.41, 5.74) is 0. The number of hydrogen-bond donors (Lipinski definition) is 1. The van der Waals surface area contributed by atoms with Crippen LogP contribution in [0.15, 0.2) is 12.4 Å². The molecule has 104 valence electrons. The zero-order chi connectivity index (χ0) is 13.6. The molecule has 1 atom stereocenters. The van der Waals surface area contributed by atoms with Crippen LogP contribution in [0.3, 0.4) is 0 Å². The van der Waals surface area contributed by atoms with Crippen LogP contribution >= 0.6 is 0 Å². The summed E-state index contributed by atoms with van der Waals surface area (Å²) in [4.78, 5) is 4.08. The van der Waals surface area contributed by atoms with E-state index in [1.807, 2.05) is 11.5 Å². The van der Waals surface area contributed by atoms with Gasteiger partial charge in [-0.2, -0.15) is 13.2 Å². The van der Waals surface area contributed by atoms with E-state index in [1.165, 1.54) is 0 Å². The highest BCUT2D eigenvalue weighted by Gasteiger charge is 2.27. The molecule has 1 aromatic rings. The van der Waals surface area contributed by atoms with Crippen molar-refractivity contribution in [1.29, 1.82) is 0 Å². The summed E-state index contributed by atoms with van der Waals surface area (Å²) in [6, 6.07) is 0. The van der Waals surface area contributed by atoms with Gasteiger partial charge >= 0.3 is 6.18 Å². The standard InChI is InChI=1S/C11H17F3N2O2/c1-2-16-5-4-15-10(16)7-9(17)3-6-18-8-11(12,13)14/h4-5,9,17H,2-3,6-8H2,1H3. The highest BCUT2D eigenvalue weighted by atomic mass is 19.4. The minimum absolute atomic E-state index is 0.118. The predicted octanol–water partition coefficient (Wildman–Crippen LogP) is 1.78. The number of aromatic nitrogens is 2. The van der Waals surface area contributed by atoms with Crippen LogP contribution in [0.2, 0.25) is 0 Å². The summed E-state index contributed by atoms with van der Waals surface area (Å²) in [5, 5.41) is 9.66. The Hall–Kier alpha value is -1.08. The van der Waals surface area contributed by atoms with E-state index in [2.05, 4.69) is 9.72 Å².